The molecule has 8 N–H and O–H groups in total. The maximum atomic E-state index is 12.1. The molecule has 0 radical (unpaired) electrons. The van der Waals surface area contributed by atoms with Crippen molar-refractivity contribution >= 4 is 22.2 Å². The standard InChI is InChI=1S/C18H22N4O6.H2O4S/c19-11(8-10-4-2-1-3-5-10)17(25)27-9-12-14(23)15(24)16(28-12)22-7-6-13(20)21-18(22)26;1-5(2,3)4/h1-7,11-12,14-16,23-24H,8-9,19H2,(H2,20,21,26);(H2,1,2,3,4)/t11-,12-,14-,15+,16-;/m1./s1. The molecule has 1 aliphatic rings. The van der Waals surface area contributed by atoms with E-state index < -0.39 is 52.6 Å². The summed E-state index contributed by atoms with van der Waals surface area (Å²) in [6.07, 6.45) is -3.40. The number of aliphatic hydroxyl groups is 2. The van der Waals surface area contributed by atoms with Crippen molar-refractivity contribution in [1.82, 2.24) is 9.55 Å². The molecule has 2 aromatic rings. The normalized spacial score (nSPS) is 23.3. The lowest BCUT2D eigenvalue weighted by molar-refractivity contribution is -0.151. The average molecular weight is 488 g/mol. The van der Waals surface area contributed by atoms with E-state index in [0.717, 1.165) is 10.1 Å². The molecule has 3 rings (SSSR count). The quantitative estimate of drug-likeness (QED) is 0.189. The van der Waals surface area contributed by atoms with E-state index in [2.05, 4.69) is 4.98 Å². The van der Waals surface area contributed by atoms with E-state index >= 15 is 0 Å². The summed E-state index contributed by atoms with van der Waals surface area (Å²) in [5.74, 6) is -0.643. The summed E-state index contributed by atoms with van der Waals surface area (Å²) in [6.45, 7) is -0.326. The second kappa shape index (κ2) is 11.3. The minimum atomic E-state index is -4.67. The zero-order chi connectivity index (χ0) is 24.8. The first kappa shape index (κ1) is 26.3. The van der Waals surface area contributed by atoms with Gasteiger partial charge in [-0.05, 0) is 18.1 Å². The van der Waals surface area contributed by atoms with Crippen LogP contribution >= 0.6 is 0 Å². The number of ether oxygens (including phenoxy) is 2. The third-order valence-electron chi connectivity index (χ3n) is 4.45. The van der Waals surface area contributed by atoms with Gasteiger partial charge >= 0.3 is 22.1 Å². The molecule has 1 aromatic heterocycles. The Bertz CT molecular complexity index is 1090. The second-order valence-electron chi connectivity index (χ2n) is 6.96. The smallest absolute Gasteiger partial charge is 0.394 e. The van der Waals surface area contributed by atoms with Gasteiger partial charge in [-0.25, -0.2) is 4.79 Å². The van der Waals surface area contributed by atoms with Crippen molar-refractivity contribution in [3.8, 4) is 0 Å². The van der Waals surface area contributed by atoms with Crippen LogP contribution in [-0.4, -0.2) is 74.2 Å². The van der Waals surface area contributed by atoms with Crippen molar-refractivity contribution < 1.29 is 42.0 Å². The number of nitrogens with two attached hydrogens (primary N) is 2. The molecule has 1 aromatic carbocycles. The Labute approximate surface area is 188 Å². The highest BCUT2D eigenvalue weighted by molar-refractivity contribution is 7.79. The fourth-order valence-corrected chi connectivity index (χ4v) is 2.94. The van der Waals surface area contributed by atoms with Crippen molar-refractivity contribution in [1.29, 1.82) is 0 Å². The predicted octanol–water partition coefficient (Wildman–Crippen LogP) is -2.09. The number of nitrogen functional groups attached to an aromatic ring is 1. The van der Waals surface area contributed by atoms with Crippen LogP contribution in [0.25, 0.3) is 0 Å². The first-order chi connectivity index (χ1) is 15.4. The molecule has 0 spiro atoms. The summed E-state index contributed by atoms with van der Waals surface area (Å²) in [5.41, 5.74) is 11.4. The molecule has 14 nitrogen and oxygen atoms in total. The Hall–Kier alpha value is -2.92. The average Bonchev–Trinajstić information content (AvgIpc) is 3.00. The van der Waals surface area contributed by atoms with Crippen molar-refractivity contribution in [3.05, 3.63) is 58.6 Å². The van der Waals surface area contributed by atoms with Crippen molar-refractivity contribution in [2.45, 2.75) is 37.0 Å². The number of hydrogen-bond acceptors (Lipinski definition) is 11. The number of esters is 1. The van der Waals surface area contributed by atoms with Gasteiger partial charge in [0, 0.05) is 6.20 Å². The Balaban J connectivity index is 0.000000696. The zero-order valence-electron chi connectivity index (χ0n) is 17.0. The minimum Gasteiger partial charge on any atom is -0.462 e. The summed E-state index contributed by atoms with van der Waals surface area (Å²) in [6, 6.07) is 9.70. The first-order valence-corrected chi connectivity index (χ1v) is 10.8. The molecule has 0 bridgehead atoms. The van der Waals surface area contributed by atoms with Gasteiger partial charge in [0.25, 0.3) is 0 Å². The van der Waals surface area contributed by atoms with Gasteiger partial charge in [0.05, 0.1) is 0 Å². The number of benzene rings is 1. The number of carbonyl (C=O) groups excluding carboxylic acids is 1. The predicted molar refractivity (Wildman–Crippen MR) is 112 cm³/mol. The van der Waals surface area contributed by atoms with Crippen LogP contribution in [0, 0.1) is 0 Å². The highest BCUT2D eigenvalue weighted by Crippen LogP contribution is 2.28. The van der Waals surface area contributed by atoms with Crippen LogP contribution in [0.1, 0.15) is 11.8 Å². The molecule has 0 aliphatic carbocycles. The molecule has 0 unspecified atom stereocenters. The Morgan fingerprint density at radius 2 is 1.79 bits per heavy atom. The van der Waals surface area contributed by atoms with Gasteiger partial charge in [-0.2, -0.15) is 13.4 Å². The third kappa shape index (κ3) is 8.17. The second-order valence-corrected chi connectivity index (χ2v) is 7.86. The summed E-state index contributed by atoms with van der Waals surface area (Å²) in [4.78, 5) is 27.6. The van der Waals surface area contributed by atoms with Crippen LogP contribution < -0.4 is 17.2 Å². The minimum absolute atomic E-state index is 0.0205. The van der Waals surface area contributed by atoms with Crippen LogP contribution in [0.2, 0.25) is 0 Å². The van der Waals surface area contributed by atoms with E-state index in [0.29, 0.717) is 6.42 Å². The van der Waals surface area contributed by atoms with Gasteiger partial charge in [-0.3, -0.25) is 18.5 Å². The molecule has 0 amide bonds. The van der Waals surface area contributed by atoms with Crippen LogP contribution in [0.15, 0.2) is 47.4 Å². The molecule has 33 heavy (non-hydrogen) atoms. The fraction of sp³-hybridized carbons (Fsp3) is 0.389. The highest BCUT2D eigenvalue weighted by atomic mass is 32.3. The van der Waals surface area contributed by atoms with Gasteiger partial charge in [-0.15, -0.1) is 0 Å². The van der Waals surface area contributed by atoms with Crippen LogP contribution in [0.4, 0.5) is 5.82 Å². The molecule has 0 saturated carbocycles. The number of aromatic nitrogens is 2. The molecule has 1 saturated heterocycles. The number of rotatable bonds is 6. The lowest BCUT2D eigenvalue weighted by Crippen LogP contribution is -2.39. The molecule has 1 fully saturated rings. The molecular weight excluding hydrogens is 464 g/mol. The van der Waals surface area contributed by atoms with Gasteiger partial charge in [0.1, 0.15) is 36.8 Å². The van der Waals surface area contributed by atoms with Gasteiger partial charge in [0.2, 0.25) is 0 Å². The summed E-state index contributed by atoms with van der Waals surface area (Å²) < 4.78 is 43.2. The number of anilines is 1. The molecular formula is C18H24N4O10S. The largest absolute Gasteiger partial charge is 0.462 e. The maximum Gasteiger partial charge on any atom is 0.394 e. The summed E-state index contributed by atoms with van der Waals surface area (Å²) in [7, 11) is -4.67. The van der Waals surface area contributed by atoms with Crippen LogP contribution in [0.5, 0.6) is 0 Å². The Morgan fingerprint density at radius 3 is 2.36 bits per heavy atom. The Morgan fingerprint density at radius 1 is 1.18 bits per heavy atom. The molecule has 1 aliphatic heterocycles. The van der Waals surface area contributed by atoms with Crippen molar-refractivity contribution in [2.75, 3.05) is 12.3 Å². The third-order valence-corrected chi connectivity index (χ3v) is 4.45. The fourth-order valence-electron chi connectivity index (χ4n) is 2.94. The van der Waals surface area contributed by atoms with E-state index in [1.165, 1.54) is 12.3 Å². The number of nitrogens with zero attached hydrogens (tertiary/aromatic N) is 2. The van der Waals surface area contributed by atoms with Crippen LogP contribution in [0.3, 0.4) is 0 Å². The van der Waals surface area contributed by atoms with E-state index in [4.69, 9.17) is 38.5 Å². The summed E-state index contributed by atoms with van der Waals surface area (Å²) >= 11 is 0. The van der Waals surface area contributed by atoms with E-state index in [-0.39, 0.29) is 12.4 Å². The number of hydrogen-bond donors (Lipinski definition) is 6. The molecule has 182 valence electrons. The Kier molecular flexibility index (Phi) is 9.00. The van der Waals surface area contributed by atoms with E-state index in [1.807, 2.05) is 30.3 Å². The highest BCUT2D eigenvalue weighted by Gasteiger charge is 2.44. The van der Waals surface area contributed by atoms with Gasteiger partial charge < -0.3 is 31.2 Å². The lowest BCUT2D eigenvalue weighted by atomic mass is 10.1. The van der Waals surface area contributed by atoms with Crippen molar-refractivity contribution in [2.24, 2.45) is 5.73 Å². The van der Waals surface area contributed by atoms with Crippen molar-refractivity contribution in [3.63, 3.8) is 0 Å². The zero-order valence-corrected chi connectivity index (χ0v) is 17.9. The van der Waals surface area contributed by atoms with E-state index in [9.17, 15) is 19.8 Å². The number of aliphatic hydroxyl groups excluding tert-OH is 2. The summed E-state index contributed by atoms with van der Waals surface area (Å²) in [5, 5.41) is 20.3. The van der Waals surface area contributed by atoms with Gasteiger partial charge in [0.15, 0.2) is 6.23 Å². The van der Waals surface area contributed by atoms with Gasteiger partial charge in [-0.1, -0.05) is 30.3 Å². The number of carbonyl (C=O) groups is 1. The monoisotopic (exact) mass is 488 g/mol. The molecule has 5 atom stereocenters. The van der Waals surface area contributed by atoms with E-state index in [1.54, 1.807) is 0 Å². The lowest BCUT2D eigenvalue weighted by Gasteiger charge is -2.17. The van der Waals surface area contributed by atoms with Crippen LogP contribution in [-0.2, 0) is 31.1 Å². The molecule has 15 heteroatoms. The molecule has 2 heterocycles. The maximum absolute atomic E-state index is 12.1. The first-order valence-electron chi connectivity index (χ1n) is 9.39. The topological polar surface area (TPSA) is 238 Å². The SMILES string of the molecule is Nc1ccn([C@@H]2O[C@H](COC(=O)[C@H](N)Cc3ccccc3)[C@@H](O)[C@@H]2O)c(=O)n1.O=S(=O)(O)O.